The molecule has 0 aliphatic heterocycles. The summed E-state index contributed by atoms with van der Waals surface area (Å²) in [6.45, 7) is 7.77. The van der Waals surface area contributed by atoms with Crippen LogP contribution in [0.2, 0.25) is 0 Å². The minimum atomic E-state index is -0.400. The predicted molar refractivity (Wildman–Crippen MR) is 77.3 cm³/mol. The SMILES string of the molecule is Cc1nn(CCF)cc1NCc1cnn(CC(C)C)c1. The van der Waals surface area contributed by atoms with Gasteiger partial charge >= 0.3 is 0 Å². The van der Waals surface area contributed by atoms with Crippen molar-refractivity contribution >= 4 is 5.69 Å². The first kappa shape index (κ1) is 14.6. The van der Waals surface area contributed by atoms with E-state index in [4.69, 9.17) is 0 Å². The molecular weight excluding hydrogens is 257 g/mol. The lowest BCUT2D eigenvalue weighted by Gasteiger charge is -2.04. The average Bonchev–Trinajstić information content (AvgIpc) is 2.94. The van der Waals surface area contributed by atoms with Crippen molar-refractivity contribution in [2.75, 3.05) is 12.0 Å². The van der Waals surface area contributed by atoms with Crippen molar-refractivity contribution in [1.82, 2.24) is 19.6 Å². The van der Waals surface area contributed by atoms with Gasteiger partial charge in [0.1, 0.15) is 6.67 Å². The molecule has 20 heavy (non-hydrogen) atoms. The zero-order valence-electron chi connectivity index (χ0n) is 12.3. The Balaban J connectivity index is 1.93. The van der Waals surface area contributed by atoms with Gasteiger partial charge in [-0.2, -0.15) is 10.2 Å². The third-order valence-corrected chi connectivity index (χ3v) is 2.98. The molecule has 2 aromatic rings. The van der Waals surface area contributed by atoms with Gasteiger partial charge in [-0.1, -0.05) is 13.8 Å². The van der Waals surface area contributed by atoms with Crippen molar-refractivity contribution in [3.63, 3.8) is 0 Å². The molecule has 0 fully saturated rings. The van der Waals surface area contributed by atoms with Gasteiger partial charge in [0, 0.05) is 31.0 Å². The Labute approximate surface area is 118 Å². The number of aromatic nitrogens is 4. The average molecular weight is 279 g/mol. The minimum absolute atomic E-state index is 0.300. The van der Waals surface area contributed by atoms with Crippen LogP contribution < -0.4 is 5.32 Å². The summed E-state index contributed by atoms with van der Waals surface area (Å²) in [7, 11) is 0. The van der Waals surface area contributed by atoms with Crippen LogP contribution in [0.4, 0.5) is 10.1 Å². The molecule has 0 aromatic carbocycles. The quantitative estimate of drug-likeness (QED) is 0.847. The molecule has 0 radical (unpaired) electrons. The highest BCUT2D eigenvalue weighted by Crippen LogP contribution is 2.14. The van der Waals surface area contributed by atoms with Crippen molar-refractivity contribution < 1.29 is 4.39 Å². The molecule has 0 amide bonds. The second-order valence-electron chi connectivity index (χ2n) is 5.40. The maximum absolute atomic E-state index is 12.3. The first-order valence-corrected chi connectivity index (χ1v) is 6.93. The molecule has 0 unspecified atom stereocenters. The number of hydrogen-bond donors (Lipinski definition) is 1. The van der Waals surface area contributed by atoms with E-state index in [-0.39, 0.29) is 0 Å². The van der Waals surface area contributed by atoms with Crippen molar-refractivity contribution in [2.45, 2.75) is 40.4 Å². The fourth-order valence-corrected chi connectivity index (χ4v) is 2.06. The number of nitrogens with one attached hydrogen (secondary N) is 1. The number of rotatable bonds is 7. The van der Waals surface area contributed by atoms with Gasteiger partial charge < -0.3 is 5.32 Å². The topological polar surface area (TPSA) is 47.7 Å². The Kier molecular flexibility index (Phi) is 4.76. The Morgan fingerprint density at radius 1 is 1.30 bits per heavy atom. The van der Waals surface area contributed by atoms with Crippen molar-refractivity contribution in [1.29, 1.82) is 0 Å². The van der Waals surface area contributed by atoms with Crippen LogP contribution in [0.5, 0.6) is 0 Å². The fourth-order valence-electron chi connectivity index (χ4n) is 2.06. The van der Waals surface area contributed by atoms with Gasteiger partial charge in [-0.3, -0.25) is 9.36 Å². The summed E-state index contributed by atoms with van der Waals surface area (Å²) in [6, 6.07) is 0. The van der Waals surface area contributed by atoms with Gasteiger partial charge in [-0.15, -0.1) is 0 Å². The third-order valence-electron chi connectivity index (χ3n) is 2.98. The number of alkyl halides is 1. The number of anilines is 1. The largest absolute Gasteiger partial charge is 0.378 e. The minimum Gasteiger partial charge on any atom is -0.378 e. The van der Waals surface area contributed by atoms with Crippen LogP contribution in [-0.4, -0.2) is 26.2 Å². The lowest BCUT2D eigenvalue weighted by Crippen LogP contribution is -2.04. The Morgan fingerprint density at radius 3 is 2.80 bits per heavy atom. The number of nitrogens with zero attached hydrogens (tertiary/aromatic N) is 4. The van der Waals surface area contributed by atoms with Crippen molar-refractivity contribution in [2.24, 2.45) is 5.92 Å². The fraction of sp³-hybridized carbons (Fsp3) is 0.571. The van der Waals surface area contributed by atoms with Crippen LogP contribution in [0.15, 0.2) is 18.6 Å². The van der Waals surface area contributed by atoms with E-state index in [9.17, 15) is 4.39 Å². The van der Waals surface area contributed by atoms with Gasteiger partial charge in [-0.05, 0) is 12.8 Å². The van der Waals surface area contributed by atoms with E-state index in [1.165, 1.54) is 0 Å². The second-order valence-corrected chi connectivity index (χ2v) is 5.40. The van der Waals surface area contributed by atoms with Crippen LogP contribution in [0.3, 0.4) is 0 Å². The number of aryl methyl sites for hydroxylation is 2. The van der Waals surface area contributed by atoms with Gasteiger partial charge in [0.15, 0.2) is 0 Å². The maximum atomic E-state index is 12.3. The summed E-state index contributed by atoms with van der Waals surface area (Å²) in [6.07, 6.45) is 5.76. The van der Waals surface area contributed by atoms with Gasteiger partial charge in [0.05, 0.1) is 24.1 Å². The molecule has 1 N–H and O–H groups in total. The summed E-state index contributed by atoms with van der Waals surface area (Å²) in [5.74, 6) is 0.580. The molecule has 0 bridgehead atoms. The molecule has 2 rings (SSSR count). The highest BCUT2D eigenvalue weighted by Gasteiger charge is 2.06. The second kappa shape index (κ2) is 6.54. The van der Waals surface area contributed by atoms with E-state index in [1.54, 1.807) is 4.68 Å². The normalized spacial score (nSPS) is 11.2. The van der Waals surface area contributed by atoms with Crippen LogP contribution in [0.1, 0.15) is 25.1 Å². The predicted octanol–water partition coefficient (Wildman–Crippen LogP) is 2.63. The Morgan fingerprint density at radius 2 is 2.10 bits per heavy atom. The Bertz CT molecular complexity index is 544. The standard InChI is InChI=1S/C14H22FN5/c1-11(2)8-20-9-13(7-17-20)6-16-14-10-19(5-4-15)18-12(14)3/h7,9-11,16H,4-6,8H2,1-3H3. The summed E-state index contributed by atoms with van der Waals surface area (Å²) in [4.78, 5) is 0. The maximum Gasteiger partial charge on any atom is 0.109 e. The van der Waals surface area contributed by atoms with E-state index in [0.29, 0.717) is 19.0 Å². The lowest BCUT2D eigenvalue weighted by atomic mass is 10.2. The summed E-state index contributed by atoms with van der Waals surface area (Å²) in [5.41, 5.74) is 2.95. The van der Waals surface area contributed by atoms with E-state index in [1.807, 2.05) is 30.2 Å². The molecule has 0 aliphatic rings. The van der Waals surface area contributed by atoms with E-state index < -0.39 is 6.67 Å². The molecule has 0 atom stereocenters. The molecule has 0 saturated heterocycles. The highest BCUT2D eigenvalue weighted by atomic mass is 19.1. The van der Waals surface area contributed by atoms with Crippen molar-refractivity contribution in [3.05, 3.63) is 29.8 Å². The summed E-state index contributed by atoms with van der Waals surface area (Å²) < 4.78 is 15.9. The number of hydrogen-bond acceptors (Lipinski definition) is 3. The monoisotopic (exact) mass is 279 g/mol. The summed E-state index contributed by atoms with van der Waals surface area (Å²) >= 11 is 0. The van der Waals surface area contributed by atoms with Crippen LogP contribution >= 0.6 is 0 Å². The molecule has 5 nitrogen and oxygen atoms in total. The van der Waals surface area contributed by atoms with E-state index >= 15 is 0 Å². The molecule has 2 aromatic heterocycles. The van der Waals surface area contributed by atoms with Crippen LogP contribution in [0, 0.1) is 12.8 Å². The third kappa shape index (κ3) is 3.82. The summed E-state index contributed by atoms with van der Waals surface area (Å²) in [5, 5.41) is 11.9. The zero-order valence-corrected chi connectivity index (χ0v) is 12.3. The van der Waals surface area contributed by atoms with Crippen LogP contribution in [0.25, 0.3) is 0 Å². The van der Waals surface area contributed by atoms with Gasteiger partial charge in [0.2, 0.25) is 0 Å². The Hall–Kier alpha value is -1.85. The number of halogens is 1. The molecule has 0 saturated carbocycles. The molecule has 0 aliphatic carbocycles. The molecule has 0 spiro atoms. The van der Waals surface area contributed by atoms with E-state index in [0.717, 1.165) is 23.5 Å². The van der Waals surface area contributed by atoms with Gasteiger partial charge in [0.25, 0.3) is 0 Å². The van der Waals surface area contributed by atoms with Crippen molar-refractivity contribution in [3.8, 4) is 0 Å². The highest BCUT2D eigenvalue weighted by molar-refractivity contribution is 5.45. The lowest BCUT2D eigenvalue weighted by molar-refractivity contribution is 0.426. The smallest absolute Gasteiger partial charge is 0.109 e. The van der Waals surface area contributed by atoms with Gasteiger partial charge in [-0.25, -0.2) is 4.39 Å². The molecule has 2 heterocycles. The molecular formula is C14H22FN5. The molecule has 6 heteroatoms. The zero-order chi connectivity index (χ0) is 14.5. The first-order valence-electron chi connectivity index (χ1n) is 6.93. The van der Waals surface area contributed by atoms with Crippen LogP contribution in [-0.2, 0) is 19.6 Å². The first-order chi connectivity index (χ1) is 9.58. The molecule has 110 valence electrons. The van der Waals surface area contributed by atoms with E-state index in [2.05, 4.69) is 29.4 Å².